The summed E-state index contributed by atoms with van der Waals surface area (Å²) in [7, 11) is 0. The molecule has 1 rings (SSSR count). The highest BCUT2D eigenvalue weighted by Crippen LogP contribution is 2.27. The Balaban J connectivity index is 2.19. The molecule has 0 amide bonds. The molecule has 0 saturated carbocycles. The second-order valence-corrected chi connectivity index (χ2v) is 7.23. The van der Waals surface area contributed by atoms with Gasteiger partial charge in [-0.05, 0) is 50.3 Å². The van der Waals surface area contributed by atoms with Crippen LogP contribution in [0.5, 0.6) is 11.5 Å². The van der Waals surface area contributed by atoms with Crippen LogP contribution in [0.2, 0.25) is 0 Å². The molecule has 0 heterocycles. The first-order valence-electron chi connectivity index (χ1n) is 10.4. The van der Waals surface area contributed by atoms with E-state index in [1.807, 2.05) is 19.1 Å². The standard InChI is InChI=1S/C22H38O4/c1-3-5-6-7-8-9-10-11-19(23)17-20(24)14-12-18-13-15-21(25)22(16-18)26-4-2/h13,15-16,19-20,23-25H,3-12,14,17H2,1-2H3. The average Bonchev–Trinajstić information content (AvgIpc) is 2.62. The third-order valence-corrected chi connectivity index (χ3v) is 4.78. The molecule has 0 fully saturated rings. The van der Waals surface area contributed by atoms with Crippen molar-refractivity contribution < 1.29 is 20.1 Å². The van der Waals surface area contributed by atoms with Crippen LogP contribution < -0.4 is 4.74 Å². The molecule has 0 aliphatic carbocycles. The minimum absolute atomic E-state index is 0.140. The Morgan fingerprint density at radius 3 is 2.23 bits per heavy atom. The van der Waals surface area contributed by atoms with Crippen molar-refractivity contribution in [2.24, 2.45) is 0 Å². The zero-order chi connectivity index (χ0) is 19.2. The first-order valence-corrected chi connectivity index (χ1v) is 10.4. The van der Waals surface area contributed by atoms with Gasteiger partial charge in [-0.3, -0.25) is 0 Å². The smallest absolute Gasteiger partial charge is 0.161 e. The summed E-state index contributed by atoms with van der Waals surface area (Å²) < 4.78 is 5.38. The van der Waals surface area contributed by atoms with Gasteiger partial charge in [-0.15, -0.1) is 0 Å². The van der Waals surface area contributed by atoms with Gasteiger partial charge < -0.3 is 20.1 Å². The average molecular weight is 367 g/mol. The molecule has 4 heteroatoms. The second-order valence-electron chi connectivity index (χ2n) is 7.23. The van der Waals surface area contributed by atoms with Crippen LogP contribution >= 0.6 is 0 Å². The van der Waals surface area contributed by atoms with Gasteiger partial charge in [0.25, 0.3) is 0 Å². The van der Waals surface area contributed by atoms with Crippen molar-refractivity contribution in [2.45, 2.75) is 96.7 Å². The van der Waals surface area contributed by atoms with Crippen LogP contribution in [0.15, 0.2) is 18.2 Å². The number of aromatic hydroxyl groups is 1. The van der Waals surface area contributed by atoms with Crippen molar-refractivity contribution in [1.29, 1.82) is 0 Å². The molecule has 4 nitrogen and oxygen atoms in total. The Morgan fingerprint density at radius 2 is 1.54 bits per heavy atom. The Kier molecular flexibility index (Phi) is 12.2. The number of aliphatic hydroxyl groups is 2. The predicted octanol–water partition coefficient (Wildman–Crippen LogP) is 4.98. The van der Waals surface area contributed by atoms with Crippen molar-refractivity contribution in [3.63, 3.8) is 0 Å². The topological polar surface area (TPSA) is 69.9 Å². The number of aliphatic hydroxyl groups excluding tert-OH is 2. The molecule has 3 N–H and O–H groups in total. The van der Waals surface area contributed by atoms with Gasteiger partial charge in [0.1, 0.15) is 0 Å². The lowest BCUT2D eigenvalue weighted by Gasteiger charge is -2.16. The molecule has 0 aromatic heterocycles. The van der Waals surface area contributed by atoms with E-state index < -0.39 is 12.2 Å². The first-order chi connectivity index (χ1) is 12.6. The Labute approximate surface area is 159 Å². The fraction of sp³-hybridized carbons (Fsp3) is 0.727. The normalized spacial score (nSPS) is 13.5. The maximum Gasteiger partial charge on any atom is 0.161 e. The maximum absolute atomic E-state index is 10.2. The lowest BCUT2D eigenvalue weighted by Crippen LogP contribution is -2.18. The van der Waals surface area contributed by atoms with E-state index in [-0.39, 0.29) is 5.75 Å². The van der Waals surface area contributed by atoms with E-state index in [1.54, 1.807) is 6.07 Å². The van der Waals surface area contributed by atoms with E-state index in [4.69, 9.17) is 4.74 Å². The Morgan fingerprint density at radius 1 is 0.885 bits per heavy atom. The number of benzene rings is 1. The molecule has 2 atom stereocenters. The molecular formula is C22H38O4. The third-order valence-electron chi connectivity index (χ3n) is 4.78. The van der Waals surface area contributed by atoms with E-state index in [0.29, 0.717) is 31.6 Å². The number of hydrogen-bond donors (Lipinski definition) is 3. The van der Waals surface area contributed by atoms with Crippen molar-refractivity contribution in [1.82, 2.24) is 0 Å². The molecule has 0 spiro atoms. The van der Waals surface area contributed by atoms with Crippen LogP contribution in [0.25, 0.3) is 0 Å². The lowest BCUT2D eigenvalue weighted by molar-refractivity contribution is 0.0697. The van der Waals surface area contributed by atoms with Crippen molar-refractivity contribution in [2.75, 3.05) is 6.61 Å². The van der Waals surface area contributed by atoms with Crippen LogP contribution in [-0.2, 0) is 6.42 Å². The van der Waals surface area contributed by atoms with Crippen molar-refractivity contribution in [3.8, 4) is 11.5 Å². The summed E-state index contributed by atoms with van der Waals surface area (Å²) in [5, 5.41) is 30.0. The van der Waals surface area contributed by atoms with Crippen molar-refractivity contribution >= 4 is 0 Å². The van der Waals surface area contributed by atoms with E-state index >= 15 is 0 Å². The highest BCUT2D eigenvalue weighted by atomic mass is 16.5. The summed E-state index contributed by atoms with van der Waals surface area (Å²) in [5.41, 5.74) is 1.02. The van der Waals surface area contributed by atoms with Crippen LogP contribution in [0.1, 0.15) is 83.6 Å². The molecule has 0 bridgehead atoms. The van der Waals surface area contributed by atoms with E-state index in [2.05, 4.69) is 6.92 Å². The lowest BCUT2D eigenvalue weighted by atomic mass is 9.99. The summed E-state index contributed by atoms with van der Waals surface area (Å²) in [4.78, 5) is 0. The number of phenolic OH excluding ortho intramolecular Hbond substituents is 1. The number of rotatable bonds is 15. The highest BCUT2D eigenvalue weighted by molar-refractivity contribution is 5.41. The van der Waals surface area contributed by atoms with Crippen LogP contribution in [0.4, 0.5) is 0 Å². The summed E-state index contributed by atoms with van der Waals surface area (Å²) in [6.07, 6.45) is 10.3. The van der Waals surface area contributed by atoms with Crippen molar-refractivity contribution in [3.05, 3.63) is 23.8 Å². The van der Waals surface area contributed by atoms with Gasteiger partial charge in [0.15, 0.2) is 11.5 Å². The summed E-state index contributed by atoms with van der Waals surface area (Å²) in [6, 6.07) is 5.29. The molecule has 0 aliphatic rings. The molecule has 1 aromatic carbocycles. The fourth-order valence-electron chi connectivity index (χ4n) is 3.21. The molecule has 0 aliphatic heterocycles. The third kappa shape index (κ3) is 10.0. The van der Waals surface area contributed by atoms with Gasteiger partial charge in [0.2, 0.25) is 0 Å². The molecular weight excluding hydrogens is 328 g/mol. The van der Waals surface area contributed by atoms with Gasteiger partial charge in [-0.25, -0.2) is 0 Å². The van der Waals surface area contributed by atoms with Crippen LogP contribution in [0.3, 0.4) is 0 Å². The largest absolute Gasteiger partial charge is 0.504 e. The number of ether oxygens (including phenoxy) is 1. The minimum Gasteiger partial charge on any atom is -0.504 e. The fourth-order valence-corrected chi connectivity index (χ4v) is 3.21. The number of aryl methyl sites for hydroxylation is 1. The molecule has 0 saturated heterocycles. The van der Waals surface area contributed by atoms with Gasteiger partial charge in [-0.2, -0.15) is 0 Å². The molecule has 2 unspecified atom stereocenters. The predicted molar refractivity (Wildman–Crippen MR) is 107 cm³/mol. The van der Waals surface area contributed by atoms with Gasteiger partial charge in [0.05, 0.1) is 18.8 Å². The highest BCUT2D eigenvalue weighted by Gasteiger charge is 2.12. The number of phenols is 1. The first kappa shape index (κ1) is 22.8. The number of hydrogen-bond acceptors (Lipinski definition) is 4. The van der Waals surface area contributed by atoms with Crippen LogP contribution in [-0.4, -0.2) is 34.1 Å². The van der Waals surface area contributed by atoms with E-state index in [0.717, 1.165) is 18.4 Å². The molecule has 26 heavy (non-hydrogen) atoms. The second kappa shape index (κ2) is 13.9. The van der Waals surface area contributed by atoms with E-state index in [9.17, 15) is 15.3 Å². The van der Waals surface area contributed by atoms with E-state index in [1.165, 1.54) is 38.5 Å². The van der Waals surface area contributed by atoms with Gasteiger partial charge in [-0.1, -0.05) is 57.9 Å². The minimum atomic E-state index is -0.501. The molecule has 1 aromatic rings. The zero-order valence-electron chi connectivity index (χ0n) is 16.6. The quantitative estimate of drug-likeness (QED) is 0.383. The Hall–Kier alpha value is -1.26. The maximum atomic E-state index is 10.2. The molecule has 150 valence electrons. The SMILES string of the molecule is CCCCCCCCCC(O)CC(O)CCc1ccc(O)c(OCC)c1. The van der Waals surface area contributed by atoms with Crippen LogP contribution in [0, 0.1) is 0 Å². The molecule has 0 radical (unpaired) electrons. The summed E-state index contributed by atoms with van der Waals surface area (Å²) in [5.74, 6) is 0.625. The van der Waals surface area contributed by atoms with Gasteiger partial charge >= 0.3 is 0 Å². The monoisotopic (exact) mass is 366 g/mol. The summed E-state index contributed by atoms with van der Waals surface area (Å²) in [6.45, 7) is 4.61. The zero-order valence-corrected chi connectivity index (χ0v) is 16.6. The van der Waals surface area contributed by atoms with Gasteiger partial charge in [0, 0.05) is 0 Å². The Bertz CT molecular complexity index is 475. The number of unbranched alkanes of at least 4 members (excludes halogenated alkanes) is 6. The summed E-state index contributed by atoms with van der Waals surface area (Å²) >= 11 is 0.